The molecule has 0 atom stereocenters. The third-order valence-corrected chi connectivity index (χ3v) is 2.81. The Balaban J connectivity index is 2.10. The first kappa shape index (κ1) is 10.9. The summed E-state index contributed by atoms with van der Waals surface area (Å²) < 4.78 is 4.70. The zero-order valence-corrected chi connectivity index (χ0v) is 9.73. The fourth-order valence-corrected chi connectivity index (χ4v) is 1.92. The van der Waals surface area contributed by atoms with Crippen molar-refractivity contribution in [3.05, 3.63) is 41.1 Å². The number of carboxylic acids is 1. The van der Waals surface area contributed by atoms with Crippen LogP contribution in [0.2, 0.25) is 5.02 Å². The number of aromatic nitrogens is 2. The van der Waals surface area contributed by atoms with Crippen LogP contribution in [0, 0.1) is 0 Å². The highest BCUT2D eigenvalue weighted by atomic mass is 35.5. The minimum atomic E-state index is -1.15. The zero-order chi connectivity index (χ0) is 12.7. The number of nitrogens with zero attached hydrogens (tertiary/aromatic N) is 1. The SMILES string of the molecule is O=C(O)c1cc(-c2cc3cc(Cl)ccc3[nH]2)no1. The molecule has 0 aliphatic rings. The molecule has 0 radical (unpaired) electrons. The summed E-state index contributed by atoms with van der Waals surface area (Å²) >= 11 is 5.89. The number of fused-ring (bicyclic) bond motifs is 1. The highest BCUT2D eigenvalue weighted by Crippen LogP contribution is 2.25. The summed E-state index contributed by atoms with van der Waals surface area (Å²) in [5.74, 6) is -1.34. The molecule has 0 spiro atoms. The zero-order valence-electron chi connectivity index (χ0n) is 8.98. The number of carboxylic acid groups (broad SMARTS) is 1. The molecule has 2 N–H and O–H groups in total. The van der Waals surface area contributed by atoms with E-state index in [1.807, 2.05) is 18.2 Å². The van der Waals surface area contributed by atoms with Gasteiger partial charge in [-0.15, -0.1) is 0 Å². The van der Waals surface area contributed by atoms with Gasteiger partial charge < -0.3 is 14.6 Å². The summed E-state index contributed by atoms with van der Waals surface area (Å²) in [4.78, 5) is 13.8. The van der Waals surface area contributed by atoms with Crippen molar-refractivity contribution in [2.75, 3.05) is 0 Å². The number of aromatic carboxylic acids is 1. The molecular formula is C12H7ClN2O3. The van der Waals surface area contributed by atoms with Gasteiger partial charge in [0.1, 0.15) is 5.69 Å². The van der Waals surface area contributed by atoms with Gasteiger partial charge in [-0.2, -0.15) is 0 Å². The van der Waals surface area contributed by atoms with Crippen LogP contribution in [-0.4, -0.2) is 21.2 Å². The van der Waals surface area contributed by atoms with Crippen LogP contribution in [0.5, 0.6) is 0 Å². The van der Waals surface area contributed by atoms with Gasteiger partial charge in [0.2, 0.25) is 5.76 Å². The van der Waals surface area contributed by atoms with Crippen molar-refractivity contribution in [2.45, 2.75) is 0 Å². The Kier molecular flexibility index (Phi) is 2.34. The second-order valence-electron chi connectivity index (χ2n) is 3.80. The highest BCUT2D eigenvalue weighted by Gasteiger charge is 2.13. The molecule has 6 heteroatoms. The minimum Gasteiger partial charge on any atom is -0.475 e. The number of benzene rings is 1. The van der Waals surface area contributed by atoms with Gasteiger partial charge >= 0.3 is 5.97 Å². The van der Waals surface area contributed by atoms with Crippen LogP contribution in [-0.2, 0) is 0 Å². The van der Waals surface area contributed by atoms with E-state index in [4.69, 9.17) is 21.2 Å². The second-order valence-corrected chi connectivity index (χ2v) is 4.23. The quantitative estimate of drug-likeness (QED) is 0.743. The largest absolute Gasteiger partial charge is 0.475 e. The predicted octanol–water partition coefficient (Wildman–Crippen LogP) is 3.17. The first-order valence-electron chi connectivity index (χ1n) is 5.12. The van der Waals surface area contributed by atoms with Crippen LogP contribution in [0.15, 0.2) is 34.9 Å². The number of H-pyrrole nitrogens is 1. The molecule has 0 saturated heterocycles. The number of rotatable bonds is 2. The Morgan fingerprint density at radius 1 is 1.33 bits per heavy atom. The van der Waals surface area contributed by atoms with Gasteiger partial charge in [0, 0.05) is 22.0 Å². The van der Waals surface area contributed by atoms with Crippen molar-refractivity contribution in [3.8, 4) is 11.4 Å². The molecule has 3 aromatic rings. The van der Waals surface area contributed by atoms with E-state index in [-0.39, 0.29) is 5.76 Å². The Morgan fingerprint density at radius 3 is 2.89 bits per heavy atom. The summed E-state index contributed by atoms with van der Waals surface area (Å²) in [5.41, 5.74) is 2.03. The predicted molar refractivity (Wildman–Crippen MR) is 65.8 cm³/mol. The average Bonchev–Trinajstić information content (AvgIpc) is 2.93. The number of hydrogen-bond donors (Lipinski definition) is 2. The maximum absolute atomic E-state index is 10.7. The molecule has 0 unspecified atom stereocenters. The lowest BCUT2D eigenvalue weighted by atomic mass is 10.2. The first-order valence-corrected chi connectivity index (χ1v) is 5.50. The summed E-state index contributed by atoms with van der Waals surface area (Å²) in [6, 6.07) is 8.64. The van der Waals surface area contributed by atoms with Crippen molar-refractivity contribution in [1.82, 2.24) is 10.1 Å². The fraction of sp³-hybridized carbons (Fsp3) is 0. The third kappa shape index (κ3) is 1.74. The molecule has 2 aromatic heterocycles. The lowest BCUT2D eigenvalue weighted by Crippen LogP contribution is -1.91. The smallest absolute Gasteiger partial charge is 0.374 e. The molecule has 3 rings (SSSR count). The van der Waals surface area contributed by atoms with Crippen LogP contribution in [0.4, 0.5) is 0 Å². The number of halogens is 1. The lowest BCUT2D eigenvalue weighted by molar-refractivity contribution is 0.0652. The summed E-state index contributed by atoms with van der Waals surface area (Å²) in [7, 11) is 0. The maximum Gasteiger partial charge on any atom is 0.374 e. The lowest BCUT2D eigenvalue weighted by Gasteiger charge is -1.89. The second kappa shape index (κ2) is 3.89. The van der Waals surface area contributed by atoms with Gasteiger partial charge in [0.25, 0.3) is 0 Å². The number of aromatic amines is 1. The summed E-state index contributed by atoms with van der Waals surface area (Å²) in [6.45, 7) is 0. The molecular weight excluding hydrogens is 256 g/mol. The first-order chi connectivity index (χ1) is 8.63. The van der Waals surface area contributed by atoms with Gasteiger partial charge in [0.05, 0.1) is 5.69 Å². The van der Waals surface area contributed by atoms with Crippen molar-refractivity contribution in [3.63, 3.8) is 0 Å². The molecule has 0 saturated carbocycles. The fourth-order valence-electron chi connectivity index (χ4n) is 1.74. The topological polar surface area (TPSA) is 79.1 Å². The molecule has 0 amide bonds. The Morgan fingerprint density at radius 2 is 2.17 bits per heavy atom. The molecule has 0 fully saturated rings. The molecule has 0 bridgehead atoms. The Bertz CT molecular complexity index is 745. The van der Waals surface area contributed by atoms with Gasteiger partial charge in [-0.3, -0.25) is 0 Å². The van der Waals surface area contributed by atoms with Crippen molar-refractivity contribution in [2.24, 2.45) is 0 Å². The van der Waals surface area contributed by atoms with E-state index >= 15 is 0 Å². The molecule has 5 nitrogen and oxygen atoms in total. The molecule has 18 heavy (non-hydrogen) atoms. The van der Waals surface area contributed by atoms with Gasteiger partial charge in [-0.1, -0.05) is 16.8 Å². The van der Waals surface area contributed by atoms with Crippen molar-refractivity contribution < 1.29 is 14.4 Å². The standard InChI is InChI=1S/C12H7ClN2O3/c13-7-1-2-8-6(3-7)4-9(14-8)10-5-11(12(16)17)18-15-10/h1-5,14H,(H,16,17). The van der Waals surface area contributed by atoms with Crippen molar-refractivity contribution in [1.29, 1.82) is 0 Å². The molecule has 2 heterocycles. The number of nitrogens with one attached hydrogen (secondary N) is 1. The number of hydrogen-bond acceptors (Lipinski definition) is 3. The number of carbonyl (C=O) groups is 1. The third-order valence-electron chi connectivity index (χ3n) is 2.58. The van der Waals surface area contributed by atoms with Gasteiger partial charge in [-0.25, -0.2) is 4.79 Å². The Labute approximate surface area is 106 Å². The minimum absolute atomic E-state index is 0.193. The van der Waals surface area contributed by atoms with Crippen LogP contribution < -0.4 is 0 Å². The summed E-state index contributed by atoms with van der Waals surface area (Å²) in [6.07, 6.45) is 0. The Hall–Kier alpha value is -2.27. The molecule has 90 valence electrons. The normalized spacial score (nSPS) is 10.9. The molecule has 0 aliphatic carbocycles. The van der Waals surface area contributed by atoms with E-state index in [1.54, 1.807) is 6.07 Å². The van der Waals surface area contributed by atoms with E-state index in [9.17, 15) is 4.79 Å². The highest BCUT2D eigenvalue weighted by molar-refractivity contribution is 6.31. The van der Waals surface area contributed by atoms with E-state index in [2.05, 4.69) is 10.1 Å². The van der Waals surface area contributed by atoms with Crippen LogP contribution in [0.3, 0.4) is 0 Å². The van der Waals surface area contributed by atoms with E-state index in [0.29, 0.717) is 16.4 Å². The van der Waals surface area contributed by atoms with Crippen molar-refractivity contribution >= 4 is 28.5 Å². The molecule has 1 aromatic carbocycles. The average molecular weight is 263 g/mol. The maximum atomic E-state index is 10.7. The monoisotopic (exact) mass is 262 g/mol. The van der Waals surface area contributed by atoms with Crippen LogP contribution in [0.1, 0.15) is 10.6 Å². The van der Waals surface area contributed by atoms with Crippen LogP contribution >= 0.6 is 11.6 Å². The van der Waals surface area contributed by atoms with E-state index < -0.39 is 5.97 Å². The summed E-state index contributed by atoms with van der Waals surface area (Å²) in [5, 5.41) is 14.0. The van der Waals surface area contributed by atoms with E-state index in [0.717, 1.165) is 10.9 Å². The molecule has 0 aliphatic heterocycles. The van der Waals surface area contributed by atoms with Gasteiger partial charge in [0.15, 0.2) is 0 Å². The van der Waals surface area contributed by atoms with Crippen LogP contribution in [0.25, 0.3) is 22.3 Å². The van der Waals surface area contributed by atoms with E-state index in [1.165, 1.54) is 6.07 Å². The van der Waals surface area contributed by atoms with Gasteiger partial charge in [-0.05, 0) is 24.3 Å².